The van der Waals surface area contributed by atoms with Crippen molar-refractivity contribution in [1.82, 2.24) is 0 Å². The van der Waals surface area contributed by atoms with Crippen LogP contribution in [0.3, 0.4) is 0 Å². The summed E-state index contributed by atoms with van der Waals surface area (Å²) in [5, 5.41) is 7.54. The van der Waals surface area contributed by atoms with Crippen LogP contribution < -0.4 is 0 Å². The molecule has 0 aliphatic rings. The summed E-state index contributed by atoms with van der Waals surface area (Å²) in [4.78, 5) is 3.56. The zero-order chi connectivity index (χ0) is 6.28. The van der Waals surface area contributed by atoms with Gasteiger partial charge in [0.2, 0.25) is 0 Å². The Morgan fingerprint density at radius 3 is 2.00 bits per heavy atom. The van der Waals surface area contributed by atoms with Crippen LogP contribution >= 0.6 is 0 Å². The number of hydrogen-bond acceptors (Lipinski definition) is 3. The Morgan fingerprint density at radius 1 is 1.86 bits per heavy atom. The average Bonchev–Trinajstić information content (AvgIpc) is 1.73. The van der Waals surface area contributed by atoms with Gasteiger partial charge >= 0.3 is 21.0 Å². The molecule has 0 heterocycles. The van der Waals surface area contributed by atoms with Crippen LogP contribution in [-0.2, 0) is 25.9 Å². The predicted molar refractivity (Wildman–Crippen MR) is 18.7 cm³/mol. The Balaban J connectivity index is 0. The van der Waals surface area contributed by atoms with Crippen molar-refractivity contribution in [2.75, 3.05) is 0 Å². The van der Waals surface area contributed by atoms with Crippen molar-refractivity contribution in [3.63, 3.8) is 0 Å². The van der Waals surface area contributed by atoms with Gasteiger partial charge in [0.05, 0.1) is 0 Å². The second kappa shape index (κ2) is 9.57. The fraction of sp³-hybridized carbons (Fsp3) is 0.333. The third-order valence-corrected chi connectivity index (χ3v) is 0.156. The third-order valence-electron chi connectivity index (χ3n) is 0.156. The molecule has 0 spiro atoms. The molecule has 0 bridgehead atoms. The van der Waals surface area contributed by atoms with Crippen LogP contribution in [0.1, 0.15) is 6.92 Å². The molecule has 0 aromatic heterocycles. The van der Waals surface area contributed by atoms with Crippen molar-refractivity contribution < 1.29 is 31.2 Å². The van der Waals surface area contributed by atoms with Gasteiger partial charge in [0, 0.05) is 0 Å². The van der Waals surface area contributed by atoms with E-state index in [2.05, 4.69) is 11.8 Å². The molecule has 41 valence electrons. The molecule has 0 aromatic carbocycles. The summed E-state index contributed by atoms with van der Waals surface area (Å²) < 4.78 is 8.19. The van der Waals surface area contributed by atoms with Crippen LogP contribution in [0.15, 0.2) is 0 Å². The summed E-state index contributed by atoms with van der Waals surface area (Å²) in [5.74, 6) is 0. The average molecular weight is 141 g/mol. The second-order valence-electron chi connectivity index (χ2n) is 0.793. The zero-order valence-corrected chi connectivity index (χ0v) is 5.31. The van der Waals surface area contributed by atoms with Gasteiger partial charge in [-0.3, -0.25) is 5.26 Å². The summed E-state index contributed by atoms with van der Waals surface area (Å²) in [6.45, 7) is 4.76. The normalized spacial score (nSPS) is 7.71. The van der Waals surface area contributed by atoms with Crippen LogP contribution in [-0.4, -0.2) is 5.26 Å². The van der Waals surface area contributed by atoms with Crippen LogP contribution in [0.25, 0.3) is 0 Å². The van der Waals surface area contributed by atoms with Crippen molar-refractivity contribution in [1.29, 1.82) is 0 Å². The minimum atomic E-state index is 0.310. The molecule has 0 amide bonds. The molecule has 0 aromatic rings. The van der Waals surface area contributed by atoms with Crippen LogP contribution in [0.4, 0.5) is 0 Å². The van der Waals surface area contributed by atoms with Crippen LogP contribution in [0.5, 0.6) is 0 Å². The van der Waals surface area contributed by atoms with E-state index in [1.54, 1.807) is 6.92 Å². The molecule has 0 unspecified atom stereocenters. The summed E-state index contributed by atoms with van der Waals surface area (Å²) >= 11 is 1.06. The van der Waals surface area contributed by atoms with E-state index in [0.29, 0.717) is 6.10 Å². The van der Waals surface area contributed by atoms with Crippen molar-refractivity contribution in [2.45, 2.75) is 6.92 Å². The predicted octanol–water partition coefficient (Wildman–Crippen LogP) is 0.741. The van der Waals surface area contributed by atoms with Crippen LogP contribution in [0.2, 0.25) is 0 Å². The Labute approximate surface area is 51.8 Å². The van der Waals surface area contributed by atoms with Crippen molar-refractivity contribution in [2.24, 2.45) is 0 Å². The van der Waals surface area contributed by atoms with E-state index in [1.807, 2.05) is 0 Å². The molecule has 0 fully saturated rings. The van der Waals surface area contributed by atoms with Crippen molar-refractivity contribution in [3.05, 3.63) is 13.0 Å². The van der Waals surface area contributed by atoms with Gasteiger partial charge in [0.25, 0.3) is 0 Å². The molecule has 1 N–H and O–H groups in total. The topological polar surface area (TPSA) is 46.5 Å². The fourth-order valence-corrected chi connectivity index (χ4v) is 0. The Bertz CT molecular complexity index is 31.4. The first kappa shape index (κ1) is 10.3. The van der Waals surface area contributed by atoms with E-state index in [-0.39, 0.29) is 0 Å². The van der Waals surface area contributed by atoms with Gasteiger partial charge in [-0.2, -0.15) is 6.92 Å². The molecule has 0 atom stereocenters. The van der Waals surface area contributed by atoms with Gasteiger partial charge in [-0.05, 0) is 0 Å². The molecule has 0 aliphatic heterocycles. The third kappa shape index (κ3) is 22.0. The number of hydrogen-bond donors (Lipinski definition) is 1. The monoisotopic (exact) mass is 141 g/mol. The van der Waals surface area contributed by atoms with E-state index in [1.165, 1.54) is 0 Å². The SMILES string of the molecule is [CH2-][C-](C)OO.[O]=[V+2]. The van der Waals surface area contributed by atoms with Gasteiger partial charge in [-0.15, -0.1) is 0 Å². The molecule has 0 radical (unpaired) electrons. The van der Waals surface area contributed by atoms with E-state index in [9.17, 15) is 0 Å². The fourth-order valence-electron chi connectivity index (χ4n) is 0. The quantitative estimate of drug-likeness (QED) is 0.332. The molecule has 0 aliphatic carbocycles. The van der Waals surface area contributed by atoms with E-state index in [4.69, 9.17) is 8.93 Å². The first-order valence-corrected chi connectivity index (χ1v) is 1.99. The van der Waals surface area contributed by atoms with Crippen molar-refractivity contribution >= 4 is 0 Å². The first-order chi connectivity index (χ1) is 3.27. The van der Waals surface area contributed by atoms with Crippen molar-refractivity contribution in [3.8, 4) is 0 Å². The standard InChI is InChI=1S/C3H6O2.O.V/c1-3(2)5-4;;/h4H,1H2,2H3;;/q-2;;+2. The molecule has 4 heteroatoms. The summed E-state index contributed by atoms with van der Waals surface area (Å²) in [7, 11) is 0. The van der Waals surface area contributed by atoms with Gasteiger partial charge in [0.1, 0.15) is 0 Å². The van der Waals surface area contributed by atoms with E-state index >= 15 is 0 Å². The summed E-state index contributed by atoms with van der Waals surface area (Å²) in [6, 6.07) is 0. The summed E-state index contributed by atoms with van der Waals surface area (Å²) in [5.41, 5.74) is 0. The van der Waals surface area contributed by atoms with Gasteiger partial charge < -0.3 is 17.9 Å². The molecule has 7 heavy (non-hydrogen) atoms. The van der Waals surface area contributed by atoms with E-state index in [0.717, 1.165) is 17.4 Å². The van der Waals surface area contributed by atoms with Gasteiger partial charge in [0.15, 0.2) is 0 Å². The molecule has 0 saturated heterocycles. The summed E-state index contributed by atoms with van der Waals surface area (Å²) in [6.07, 6.45) is 0.310. The molecule has 0 rings (SSSR count). The maximum absolute atomic E-state index is 8.19. The first-order valence-electron chi connectivity index (χ1n) is 1.42. The second-order valence-corrected chi connectivity index (χ2v) is 0.793. The molecule has 0 saturated carbocycles. The minimum absolute atomic E-state index is 0.310. The molecule has 3 nitrogen and oxygen atoms in total. The van der Waals surface area contributed by atoms with Gasteiger partial charge in [-0.1, -0.05) is 0 Å². The van der Waals surface area contributed by atoms with Crippen LogP contribution in [0, 0.1) is 13.0 Å². The zero-order valence-electron chi connectivity index (χ0n) is 3.92. The Hall–Kier alpha value is 0.304. The van der Waals surface area contributed by atoms with E-state index < -0.39 is 0 Å². The number of rotatable bonds is 1. The Kier molecular flexibility index (Phi) is 14.1. The Morgan fingerprint density at radius 2 is 2.00 bits per heavy atom. The maximum atomic E-state index is 8.19. The molecular weight excluding hydrogens is 135 g/mol. The molecular formula is C3H6O3V. The van der Waals surface area contributed by atoms with Gasteiger partial charge in [-0.25, -0.2) is 0 Å².